The first-order valence-electron chi connectivity index (χ1n) is 10.5. The van der Waals surface area contributed by atoms with Gasteiger partial charge in [0, 0.05) is 24.0 Å². The number of benzene rings is 2. The Morgan fingerprint density at radius 3 is 1.81 bits per heavy atom. The molecule has 0 amide bonds. The maximum atomic E-state index is 11.0. The van der Waals surface area contributed by atoms with Gasteiger partial charge in [0.05, 0.1) is 6.67 Å². The van der Waals surface area contributed by atoms with Crippen LogP contribution in [0.1, 0.15) is 58.8 Å². The van der Waals surface area contributed by atoms with Crippen molar-refractivity contribution in [3.63, 3.8) is 0 Å². The van der Waals surface area contributed by atoms with Gasteiger partial charge in [0.15, 0.2) is 0 Å². The molecule has 1 unspecified atom stereocenters. The molecule has 0 aliphatic carbocycles. The van der Waals surface area contributed by atoms with Gasteiger partial charge in [0.1, 0.15) is 0 Å². The summed E-state index contributed by atoms with van der Waals surface area (Å²) in [6, 6.07) is 21.6. The van der Waals surface area contributed by atoms with Crippen LogP contribution in [0, 0.1) is 0 Å². The minimum absolute atomic E-state index is 0.156. The number of hydrogen-bond acceptors (Lipinski definition) is 2. The van der Waals surface area contributed by atoms with Gasteiger partial charge in [-0.25, -0.2) is 0 Å². The molecule has 0 fully saturated rings. The van der Waals surface area contributed by atoms with E-state index in [9.17, 15) is 4.39 Å². The van der Waals surface area contributed by atoms with Crippen molar-refractivity contribution in [3.8, 4) is 0 Å². The van der Waals surface area contributed by atoms with E-state index in [-0.39, 0.29) is 6.67 Å². The lowest BCUT2D eigenvalue weighted by atomic mass is 10.0. The molecular formula is C24H37FN2. The van der Waals surface area contributed by atoms with Crippen LogP contribution in [0.5, 0.6) is 0 Å². The zero-order valence-corrected chi connectivity index (χ0v) is 17.1. The summed E-state index contributed by atoms with van der Waals surface area (Å²) < 4.78 is 11.0. The Kier molecular flexibility index (Phi) is 13.8. The van der Waals surface area contributed by atoms with E-state index in [1.165, 1.54) is 43.5 Å². The van der Waals surface area contributed by atoms with Crippen LogP contribution in [0.3, 0.4) is 0 Å². The average Bonchev–Trinajstić information content (AvgIpc) is 2.72. The van der Waals surface area contributed by atoms with E-state index in [1.807, 2.05) is 6.92 Å². The molecule has 0 bridgehead atoms. The van der Waals surface area contributed by atoms with Crippen LogP contribution in [0.4, 0.5) is 15.8 Å². The van der Waals surface area contributed by atoms with Crippen molar-refractivity contribution in [2.45, 2.75) is 64.8 Å². The number of nitrogens with one attached hydrogen (secondary N) is 2. The highest BCUT2D eigenvalue weighted by molar-refractivity contribution is 5.43. The Bertz CT molecular complexity index is 543. The standard InChI is InChI=1S/C20H28N2.C4H9F/c1-2-3-11-19(22-20-14-8-5-9-15-20)16-10-17-21-18-12-6-4-7-13-18;1-2-3-4-5/h4-9,12-15,19,21-22H,2-3,10-11,16-17H2,1H3;2-4H2,1H3. The van der Waals surface area contributed by atoms with Crippen LogP contribution in [0.15, 0.2) is 60.7 Å². The van der Waals surface area contributed by atoms with Crippen LogP contribution in [0.2, 0.25) is 0 Å². The first kappa shape index (κ1) is 23.0. The minimum atomic E-state index is -0.156. The van der Waals surface area contributed by atoms with E-state index in [0.717, 1.165) is 19.4 Å². The van der Waals surface area contributed by atoms with Gasteiger partial charge in [0.2, 0.25) is 0 Å². The third-order valence-corrected chi connectivity index (χ3v) is 4.37. The molecule has 150 valence electrons. The van der Waals surface area contributed by atoms with Gasteiger partial charge in [-0.2, -0.15) is 0 Å². The summed E-state index contributed by atoms with van der Waals surface area (Å²) >= 11 is 0. The summed E-state index contributed by atoms with van der Waals surface area (Å²) in [6.07, 6.45) is 7.87. The van der Waals surface area contributed by atoms with Gasteiger partial charge >= 0.3 is 0 Å². The van der Waals surface area contributed by atoms with Gasteiger partial charge in [-0.3, -0.25) is 4.39 Å². The van der Waals surface area contributed by atoms with Crippen LogP contribution >= 0.6 is 0 Å². The lowest BCUT2D eigenvalue weighted by Crippen LogP contribution is -2.20. The minimum Gasteiger partial charge on any atom is -0.385 e. The Morgan fingerprint density at radius 2 is 1.30 bits per heavy atom. The summed E-state index contributed by atoms with van der Waals surface area (Å²) in [7, 11) is 0. The van der Waals surface area contributed by atoms with Gasteiger partial charge in [0.25, 0.3) is 0 Å². The van der Waals surface area contributed by atoms with Crippen LogP contribution in [-0.4, -0.2) is 19.3 Å². The van der Waals surface area contributed by atoms with Crippen LogP contribution < -0.4 is 10.6 Å². The van der Waals surface area contributed by atoms with E-state index in [1.54, 1.807) is 0 Å². The Morgan fingerprint density at radius 1 is 0.741 bits per heavy atom. The molecule has 3 heteroatoms. The molecular weight excluding hydrogens is 335 g/mol. The fourth-order valence-electron chi connectivity index (χ4n) is 2.78. The smallest absolute Gasteiger partial charge is 0.0894 e. The van der Waals surface area contributed by atoms with Gasteiger partial charge in [-0.05, 0) is 49.9 Å². The van der Waals surface area contributed by atoms with Crippen molar-refractivity contribution in [3.05, 3.63) is 60.7 Å². The predicted molar refractivity (Wildman–Crippen MR) is 118 cm³/mol. The van der Waals surface area contributed by atoms with Crippen molar-refractivity contribution < 1.29 is 4.39 Å². The molecule has 0 aromatic heterocycles. The first-order valence-corrected chi connectivity index (χ1v) is 10.5. The van der Waals surface area contributed by atoms with Gasteiger partial charge in [-0.15, -0.1) is 0 Å². The maximum Gasteiger partial charge on any atom is 0.0894 e. The highest BCUT2D eigenvalue weighted by Crippen LogP contribution is 2.15. The largest absolute Gasteiger partial charge is 0.385 e. The van der Waals surface area contributed by atoms with E-state index < -0.39 is 0 Å². The number of unbranched alkanes of at least 4 members (excludes halogenated alkanes) is 2. The molecule has 0 saturated heterocycles. The lowest BCUT2D eigenvalue weighted by Gasteiger charge is -2.20. The molecule has 27 heavy (non-hydrogen) atoms. The molecule has 1 atom stereocenters. The molecule has 2 N–H and O–H groups in total. The average molecular weight is 373 g/mol. The van der Waals surface area contributed by atoms with Crippen molar-refractivity contribution in [2.75, 3.05) is 23.9 Å². The SMILES string of the molecule is CCCCC(CCCNc1ccccc1)Nc1ccccc1.CCCCF. The summed E-state index contributed by atoms with van der Waals surface area (Å²) in [5.74, 6) is 0. The second kappa shape index (κ2) is 16.2. The molecule has 0 heterocycles. The van der Waals surface area contributed by atoms with E-state index >= 15 is 0 Å². The number of para-hydroxylation sites is 2. The number of rotatable bonds is 12. The van der Waals surface area contributed by atoms with E-state index in [0.29, 0.717) is 6.04 Å². The van der Waals surface area contributed by atoms with Crippen molar-refractivity contribution in [1.82, 2.24) is 0 Å². The number of anilines is 2. The topological polar surface area (TPSA) is 24.1 Å². The highest BCUT2D eigenvalue weighted by Gasteiger charge is 2.07. The zero-order valence-electron chi connectivity index (χ0n) is 17.1. The summed E-state index contributed by atoms with van der Waals surface area (Å²) in [4.78, 5) is 0. The molecule has 0 aliphatic rings. The fourth-order valence-corrected chi connectivity index (χ4v) is 2.78. The van der Waals surface area contributed by atoms with Crippen LogP contribution in [-0.2, 0) is 0 Å². The second-order valence-corrected chi connectivity index (χ2v) is 6.83. The van der Waals surface area contributed by atoms with E-state index in [4.69, 9.17) is 0 Å². The number of halogens is 1. The lowest BCUT2D eigenvalue weighted by molar-refractivity contribution is 0.469. The predicted octanol–water partition coefficient (Wildman–Crippen LogP) is 7.31. The van der Waals surface area contributed by atoms with E-state index in [2.05, 4.69) is 78.2 Å². The number of hydrogen-bond donors (Lipinski definition) is 2. The molecule has 0 radical (unpaired) electrons. The quantitative estimate of drug-likeness (QED) is 0.382. The molecule has 2 nitrogen and oxygen atoms in total. The maximum absolute atomic E-state index is 11.0. The Balaban J connectivity index is 0.000000646. The second-order valence-electron chi connectivity index (χ2n) is 6.83. The Labute approximate surface area is 165 Å². The normalized spacial score (nSPS) is 11.2. The van der Waals surface area contributed by atoms with Gasteiger partial charge < -0.3 is 10.6 Å². The highest BCUT2D eigenvalue weighted by atomic mass is 19.1. The van der Waals surface area contributed by atoms with Gasteiger partial charge in [-0.1, -0.05) is 69.5 Å². The number of alkyl halides is 1. The third-order valence-electron chi connectivity index (χ3n) is 4.37. The molecule has 0 aliphatic heterocycles. The summed E-state index contributed by atoms with van der Waals surface area (Å²) in [6.45, 7) is 5.11. The Hall–Kier alpha value is -2.03. The molecule has 2 aromatic carbocycles. The van der Waals surface area contributed by atoms with Crippen molar-refractivity contribution in [1.29, 1.82) is 0 Å². The molecule has 2 rings (SSSR count). The van der Waals surface area contributed by atoms with Crippen molar-refractivity contribution in [2.24, 2.45) is 0 Å². The zero-order chi connectivity index (χ0) is 19.6. The molecule has 0 spiro atoms. The van der Waals surface area contributed by atoms with Crippen molar-refractivity contribution >= 4 is 11.4 Å². The monoisotopic (exact) mass is 372 g/mol. The third kappa shape index (κ3) is 12.1. The summed E-state index contributed by atoms with van der Waals surface area (Å²) in [5, 5.41) is 7.18. The first-order chi connectivity index (χ1) is 13.3. The molecule has 0 saturated carbocycles. The molecule has 2 aromatic rings. The fraction of sp³-hybridized carbons (Fsp3) is 0.500. The van der Waals surface area contributed by atoms with Crippen LogP contribution in [0.25, 0.3) is 0 Å². The summed E-state index contributed by atoms with van der Waals surface area (Å²) in [5.41, 5.74) is 2.45.